The molecule has 1 saturated heterocycles. The molecule has 1 N–H and O–H groups in total. The maximum Gasteiger partial charge on any atom is 0.243 e. The van der Waals surface area contributed by atoms with Gasteiger partial charge < -0.3 is 14.5 Å². The first-order valence-electron chi connectivity index (χ1n) is 9.23. The molecule has 2 aromatic rings. The van der Waals surface area contributed by atoms with Gasteiger partial charge in [0, 0.05) is 26.2 Å². The topological polar surface area (TPSA) is 92.1 Å². The van der Waals surface area contributed by atoms with Gasteiger partial charge in [-0.2, -0.15) is 4.31 Å². The minimum Gasteiger partial charge on any atom is -0.494 e. The molecule has 3 rings (SSSR count). The van der Waals surface area contributed by atoms with E-state index in [2.05, 4.69) is 5.32 Å². The van der Waals surface area contributed by atoms with Gasteiger partial charge >= 0.3 is 0 Å². The Labute approximate surface area is 165 Å². The number of carbonyl (C=O) groups excluding carboxylic acids is 1. The third-order valence-electron chi connectivity index (χ3n) is 4.51. The molecule has 1 aliphatic heterocycles. The highest BCUT2D eigenvalue weighted by atomic mass is 32.2. The fourth-order valence-corrected chi connectivity index (χ4v) is 4.43. The number of hydrogen-bond donors (Lipinski definition) is 1. The van der Waals surface area contributed by atoms with Crippen LogP contribution < -0.4 is 10.1 Å². The summed E-state index contributed by atoms with van der Waals surface area (Å²) in [5.41, 5.74) is 0. The maximum absolute atomic E-state index is 12.8. The van der Waals surface area contributed by atoms with Crippen LogP contribution in [0.25, 0.3) is 0 Å². The van der Waals surface area contributed by atoms with Crippen LogP contribution in [-0.4, -0.2) is 62.9 Å². The molecule has 9 heteroatoms. The second-order valence-corrected chi connectivity index (χ2v) is 8.38. The Bertz CT molecular complexity index is 857. The van der Waals surface area contributed by atoms with Gasteiger partial charge in [-0.3, -0.25) is 9.69 Å². The third-order valence-corrected chi connectivity index (χ3v) is 6.42. The van der Waals surface area contributed by atoms with Crippen molar-refractivity contribution in [1.29, 1.82) is 0 Å². The summed E-state index contributed by atoms with van der Waals surface area (Å²) in [6, 6.07) is 10.0. The van der Waals surface area contributed by atoms with E-state index in [1.165, 1.54) is 4.31 Å². The fraction of sp³-hybridized carbons (Fsp3) is 0.421. The van der Waals surface area contributed by atoms with Crippen molar-refractivity contribution in [3.05, 3.63) is 48.4 Å². The molecule has 1 amide bonds. The third kappa shape index (κ3) is 5.12. The molecular formula is C19H25N3O5S. The number of nitrogens with zero attached hydrogens (tertiary/aromatic N) is 2. The van der Waals surface area contributed by atoms with E-state index in [-0.39, 0.29) is 17.3 Å². The Balaban J connectivity index is 1.49. The summed E-state index contributed by atoms with van der Waals surface area (Å²) in [5.74, 6) is 1.23. The van der Waals surface area contributed by atoms with Crippen molar-refractivity contribution >= 4 is 15.9 Å². The normalized spacial score (nSPS) is 16.0. The van der Waals surface area contributed by atoms with Crippen molar-refractivity contribution in [1.82, 2.24) is 14.5 Å². The zero-order valence-corrected chi connectivity index (χ0v) is 16.7. The lowest BCUT2D eigenvalue weighted by Gasteiger charge is -2.33. The predicted molar refractivity (Wildman–Crippen MR) is 103 cm³/mol. The molecule has 1 aromatic carbocycles. The second-order valence-electron chi connectivity index (χ2n) is 6.44. The molecule has 2 heterocycles. The van der Waals surface area contributed by atoms with Crippen molar-refractivity contribution in [2.75, 3.05) is 39.3 Å². The van der Waals surface area contributed by atoms with Gasteiger partial charge in [0.15, 0.2) is 0 Å². The molecule has 0 aliphatic carbocycles. The first-order valence-corrected chi connectivity index (χ1v) is 10.7. The van der Waals surface area contributed by atoms with Crippen LogP contribution in [0.3, 0.4) is 0 Å². The number of amides is 1. The number of piperazine rings is 1. The molecule has 0 atom stereocenters. The molecule has 0 spiro atoms. The lowest BCUT2D eigenvalue weighted by atomic mass is 10.3. The SMILES string of the molecule is CCOc1ccc(S(=O)(=O)N2CCN(CC(=O)NCc3ccco3)CC2)cc1. The van der Waals surface area contributed by atoms with Gasteiger partial charge in [-0.05, 0) is 43.3 Å². The Morgan fingerprint density at radius 3 is 2.46 bits per heavy atom. The quantitative estimate of drug-likeness (QED) is 0.709. The van der Waals surface area contributed by atoms with E-state index in [0.29, 0.717) is 50.8 Å². The van der Waals surface area contributed by atoms with Crippen LogP contribution in [0.15, 0.2) is 52.0 Å². The number of ether oxygens (including phenoxy) is 1. The van der Waals surface area contributed by atoms with Gasteiger partial charge in [0.1, 0.15) is 11.5 Å². The van der Waals surface area contributed by atoms with Gasteiger partial charge in [-0.1, -0.05) is 0 Å². The summed E-state index contributed by atoms with van der Waals surface area (Å²) in [7, 11) is -3.55. The summed E-state index contributed by atoms with van der Waals surface area (Å²) in [6.07, 6.45) is 1.56. The lowest BCUT2D eigenvalue weighted by Crippen LogP contribution is -2.50. The fourth-order valence-electron chi connectivity index (χ4n) is 3.01. The molecule has 152 valence electrons. The molecular weight excluding hydrogens is 382 g/mol. The van der Waals surface area contributed by atoms with E-state index < -0.39 is 10.0 Å². The van der Waals surface area contributed by atoms with Crippen LogP contribution >= 0.6 is 0 Å². The van der Waals surface area contributed by atoms with E-state index >= 15 is 0 Å². The Morgan fingerprint density at radius 1 is 1.14 bits per heavy atom. The summed E-state index contributed by atoms with van der Waals surface area (Å²) in [5, 5.41) is 2.80. The molecule has 1 fully saturated rings. The van der Waals surface area contributed by atoms with Crippen molar-refractivity contribution in [3.63, 3.8) is 0 Å². The zero-order valence-electron chi connectivity index (χ0n) is 15.8. The molecule has 28 heavy (non-hydrogen) atoms. The van der Waals surface area contributed by atoms with E-state index in [9.17, 15) is 13.2 Å². The Morgan fingerprint density at radius 2 is 1.86 bits per heavy atom. The van der Waals surface area contributed by atoms with Crippen LogP contribution in [0.4, 0.5) is 0 Å². The van der Waals surface area contributed by atoms with Crippen molar-refractivity contribution in [3.8, 4) is 5.75 Å². The first kappa shape index (κ1) is 20.4. The number of benzene rings is 1. The summed E-state index contributed by atoms with van der Waals surface area (Å²) >= 11 is 0. The number of carbonyl (C=O) groups is 1. The average Bonchev–Trinajstić information content (AvgIpc) is 3.21. The Hall–Kier alpha value is -2.36. The van der Waals surface area contributed by atoms with Crippen LogP contribution in [0.2, 0.25) is 0 Å². The van der Waals surface area contributed by atoms with E-state index in [1.54, 1.807) is 42.7 Å². The van der Waals surface area contributed by atoms with Gasteiger partial charge in [-0.15, -0.1) is 0 Å². The van der Waals surface area contributed by atoms with Gasteiger partial charge in [0.2, 0.25) is 15.9 Å². The van der Waals surface area contributed by atoms with Crippen molar-refractivity contribution in [2.45, 2.75) is 18.4 Å². The number of nitrogens with one attached hydrogen (secondary N) is 1. The van der Waals surface area contributed by atoms with Gasteiger partial charge in [0.25, 0.3) is 0 Å². The molecule has 1 aromatic heterocycles. The van der Waals surface area contributed by atoms with Crippen LogP contribution in [0, 0.1) is 0 Å². The van der Waals surface area contributed by atoms with Crippen molar-refractivity contribution in [2.24, 2.45) is 0 Å². The minimum absolute atomic E-state index is 0.112. The van der Waals surface area contributed by atoms with E-state index in [4.69, 9.17) is 9.15 Å². The highest BCUT2D eigenvalue weighted by Crippen LogP contribution is 2.20. The minimum atomic E-state index is -3.55. The highest BCUT2D eigenvalue weighted by Gasteiger charge is 2.29. The number of hydrogen-bond acceptors (Lipinski definition) is 6. The number of sulfonamides is 1. The summed E-state index contributed by atoms with van der Waals surface area (Å²) < 4.78 is 37.6. The molecule has 0 bridgehead atoms. The monoisotopic (exact) mass is 407 g/mol. The maximum atomic E-state index is 12.8. The number of furan rings is 1. The molecule has 0 saturated carbocycles. The largest absolute Gasteiger partial charge is 0.494 e. The predicted octanol–water partition coefficient (Wildman–Crippen LogP) is 1.30. The molecule has 0 radical (unpaired) electrons. The molecule has 0 unspecified atom stereocenters. The smallest absolute Gasteiger partial charge is 0.243 e. The van der Waals surface area contributed by atoms with Gasteiger partial charge in [-0.25, -0.2) is 8.42 Å². The number of rotatable bonds is 8. The van der Waals surface area contributed by atoms with E-state index in [1.807, 2.05) is 11.8 Å². The average molecular weight is 407 g/mol. The molecule has 1 aliphatic rings. The van der Waals surface area contributed by atoms with Gasteiger partial charge in [0.05, 0.1) is 30.9 Å². The summed E-state index contributed by atoms with van der Waals surface area (Å²) in [4.78, 5) is 14.3. The standard InChI is InChI=1S/C19H25N3O5S/c1-2-26-16-5-7-18(8-6-16)28(24,25)22-11-9-21(10-12-22)15-19(23)20-14-17-4-3-13-27-17/h3-8,13H,2,9-12,14-15H2,1H3,(H,20,23). The summed E-state index contributed by atoms with van der Waals surface area (Å²) in [6.45, 7) is 4.69. The van der Waals surface area contributed by atoms with Crippen molar-refractivity contribution < 1.29 is 22.4 Å². The highest BCUT2D eigenvalue weighted by molar-refractivity contribution is 7.89. The Kier molecular flexibility index (Phi) is 6.71. The van der Waals surface area contributed by atoms with Crippen LogP contribution in [0.5, 0.6) is 5.75 Å². The first-order chi connectivity index (χ1) is 13.5. The van der Waals surface area contributed by atoms with Crippen LogP contribution in [0.1, 0.15) is 12.7 Å². The van der Waals surface area contributed by atoms with Crippen LogP contribution in [-0.2, 0) is 21.4 Å². The zero-order chi connectivity index (χ0) is 20.0. The molecule has 8 nitrogen and oxygen atoms in total. The van der Waals surface area contributed by atoms with E-state index in [0.717, 1.165) is 0 Å². The lowest BCUT2D eigenvalue weighted by molar-refractivity contribution is -0.122. The second kappa shape index (κ2) is 9.22.